The fourth-order valence-corrected chi connectivity index (χ4v) is 3.68. The number of benzene rings is 1. The van der Waals surface area contributed by atoms with Gasteiger partial charge < -0.3 is 14.3 Å². The van der Waals surface area contributed by atoms with Crippen molar-refractivity contribution in [3.8, 4) is 17.2 Å². The van der Waals surface area contributed by atoms with E-state index in [9.17, 15) is 9.50 Å². The number of ether oxygens (including phenoxy) is 1. The Labute approximate surface area is 162 Å². The van der Waals surface area contributed by atoms with Crippen molar-refractivity contribution in [3.05, 3.63) is 52.4 Å². The lowest BCUT2D eigenvalue weighted by Crippen LogP contribution is -2.31. The Morgan fingerprint density at radius 2 is 2.14 bits per heavy atom. The number of hydrogen-bond acceptors (Lipinski definition) is 6. The zero-order valence-corrected chi connectivity index (χ0v) is 16.2. The van der Waals surface area contributed by atoms with Crippen LogP contribution in [0.5, 0.6) is 5.75 Å². The van der Waals surface area contributed by atoms with Crippen LogP contribution in [0, 0.1) is 12.7 Å². The van der Waals surface area contributed by atoms with Crippen LogP contribution in [-0.4, -0.2) is 38.4 Å². The maximum absolute atomic E-state index is 14.2. The SMILES string of the molecule is COc1ccc(F)c(-c2nc(CN3CCc4c(c(CO)nn4C)C3)c(C)o2)c1. The Morgan fingerprint density at radius 1 is 1.32 bits per heavy atom. The van der Waals surface area contributed by atoms with E-state index < -0.39 is 5.82 Å². The number of methoxy groups -OCH3 is 1. The molecule has 1 aromatic carbocycles. The van der Waals surface area contributed by atoms with Gasteiger partial charge in [-0.05, 0) is 25.1 Å². The van der Waals surface area contributed by atoms with Gasteiger partial charge in [0.1, 0.15) is 17.3 Å². The second-order valence-corrected chi connectivity index (χ2v) is 6.98. The molecular weight excluding hydrogens is 363 g/mol. The summed E-state index contributed by atoms with van der Waals surface area (Å²) in [5.41, 5.74) is 4.02. The van der Waals surface area contributed by atoms with Crippen molar-refractivity contribution < 1.29 is 18.7 Å². The normalized spacial score (nSPS) is 14.3. The van der Waals surface area contributed by atoms with Gasteiger partial charge in [-0.3, -0.25) is 9.58 Å². The van der Waals surface area contributed by atoms with Gasteiger partial charge in [0, 0.05) is 44.4 Å². The molecule has 0 saturated carbocycles. The lowest BCUT2D eigenvalue weighted by atomic mass is 10.0. The van der Waals surface area contributed by atoms with Crippen molar-refractivity contribution in [2.45, 2.75) is 33.0 Å². The van der Waals surface area contributed by atoms with Crippen LogP contribution in [0.1, 0.15) is 28.4 Å². The molecule has 3 aromatic rings. The number of oxazole rings is 1. The first-order valence-electron chi connectivity index (χ1n) is 9.17. The molecule has 0 aliphatic carbocycles. The van der Waals surface area contributed by atoms with Gasteiger partial charge in [-0.15, -0.1) is 0 Å². The lowest BCUT2D eigenvalue weighted by Gasteiger charge is -2.26. The van der Waals surface area contributed by atoms with Crippen molar-refractivity contribution in [1.29, 1.82) is 0 Å². The van der Waals surface area contributed by atoms with Gasteiger partial charge in [0.05, 0.1) is 30.7 Å². The van der Waals surface area contributed by atoms with E-state index in [-0.39, 0.29) is 18.1 Å². The highest BCUT2D eigenvalue weighted by molar-refractivity contribution is 5.57. The van der Waals surface area contributed by atoms with E-state index in [1.165, 1.54) is 13.2 Å². The van der Waals surface area contributed by atoms with Crippen LogP contribution in [0.2, 0.25) is 0 Å². The Balaban J connectivity index is 1.57. The zero-order valence-electron chi connectivity index (χ0n) is 16.2. The molecule has 0 spiro atoms. The predicted molar refractivity (Wildman–Crippen MR) is 100 cm³/mol. The highest BCUT2D eigenvalue weighted by atomic mass is 19.1. The van der Waals surface area contributed by atoms with E-state index in [0.717, 1.165) is 35.6 Å². The first-order chi connectivity index (χ1) is 13.5. The highest BCUT2D eigenvalue weighted by Gasteiger charge is 2.25. The van der Waals surface area contributed by atoms with Gasteiger partial charge in [0.2, 0.25) is 5.89 Å². The van der Waals surface area contributed by atoms with Crippen LogP contribution >= 0.6 is 0 Å². The maximum atomic E-state index is 14.2. The van der Waals surface area contributed by atoms with Crippen molar-refractivity contribution in [2.24, 2.45) is 7.05 Å². The first kappa shape index (κ1) is 18.6. The molecule has 3 heterocycles. The molecule has 8 heteroatoms. The van der Waals surface area contributed by atoms with E-state index in [2.05, 4.69) is 15.0 Å². The second-order valence-electron chi connectivity index (χ2n) is 6.98. The van der Waals surface area contributed by atoms with Crippen LogP contribution in [0.3, 0.4) is 0 Å². The molecule has 0 amide bonds. The summed E-state index contributed by atoms with van der Waals surface area (Å²) in [5.74, 6) is 1.06. The third-order valence-electron chi connectivity index (χ3n) is 5.22. The molecule has 1 aliphatic heterocycles. The molecule has 1 N–H and O–H groups in total. The van der Waals surface area contributed by atoms with Crippen LogP contribution in [0.25, 0.3) is 11.5 Å². The van der Waals surface area contributed by atoms with E-state index in [4.69, 9.17) is 9.15 Å². The molecule has 28 heavy (non-hydrogen) atoms. The summed E-state index contributed by atoms with van der Waals surface area (Å²) in [6.45, 7) is 3.89. The fraction of sp³-hybridized carbons (Fsp3) is 0.400. The standard InChI is InChI=1S/C20H23FN4O3/c1-12-17(22-20(28-12)14-8-13(27-3)4-5-16(14)21)10-25-7-6-19-15(9-25)18(11-26)23-24(19)2/h4-5,8,26H,6-7,9-11H2,1-3H3. The van der Waals surface area contributed by atoms with Crippen LogP contribution in [-0.2, 0) is 33.2 Å². The number of aliphatic hydroxyl groups excluding tert-OH is 1. The summed E-state index contributed by atoms with van der Waals surface area (Å²) in [6, 6.07) is 4.49. The van der Waals surface area contributed by atoms with E-state index in [1.807, 2.05) is 18.7 Å². The average molecular weight is 386 g/mol. The molecule has 0 unspecified atom stereocenters. The van der Waals surface area contributed by atoms with Crippen LogP contribution in [0.15, 0.2) is 22.6 Å². The number of nitrogens with zero attached hydrogens (tertiary/aromatic N) is 4. The molecule has 0 bridgehead atoms. The van der Waals surface area contributed by atoms with E-state index in [1.54, 1.807) is 12.1 Å². The summed E-state index contributed by atoms with van der Waals surface area (Å²) < 4.78 is 27.0. The topological polar surface area (TPSA) is 76.6 Å². The molecule has 2 aromatic heterocycles. The number of aliphatic hydroxyl groups is 1. The van der Waals surface area contributed by atoms with Gasteiger partial charge in [-0.25, -0.2) is 9.37 Å². The van der Waals surface area contributed by atoms with Gasteiger partial charge in [-0.1, -0.05) is 0 Å². The Morgan fingerprint density at radius 3 is 2.89 bits per heavy atom. The Bertz CT molecular complexity index is 1010. The highest BCUT2D eigenvalue weighted by Crippen LogP contribution is 2.29. The number of aryl methyl sites for hydroxylation is 2. The zero-order chi connectivity index (χ0) is 19.8. The minimum absolute atomic E-state index is 0.0702. The molecule has 4 rings (SSSR count). The smallest absolute Gasteiger partial charge is 0.229 e. The van der Waals surface area contributed by atoms with Gasteiger partial charge >= 0.3 is 0 Å². The molecule has 0 saturated heterocycles. The first-order valence-corrected chi connectivity index (χ1v) is 9.17. The van der Waals surface area contributed by atoms with E-state index in [0.29, 0.717) is 24.6 Å². The largest absolute Gasteiger partial charge is 0.497 e. The third-order valence-corrected chi connectivity index (χ3v) is 5.22. The summed E-state index contributed by atoms with van der Waals surface area (Å²) in [4.78, 5) is 6.78. The number of rotatable bonds is 5. The molecule has 7 nitrogen and oxygen atoms in total. The van der Waals surface area contributed by atoms with Crippen molar-refractivity contribution in [3.63, 3.8) is 0 Å². The maximum Gasteiger partial charge on any atom is 0.229 e. The summed E-state index contributed by atoms with van der Waals surface area (Å²) in [6.07, 6.45) is 0.854. The Kier molecular flexibility index (Phi) is 4.91. The summed E-state index contributed by atoms with van der Waals surface area (Å²) in [5, 5.41) is 13.9. The number of fused-ring (bicyclic) bond motifs is 1. The number of aromatic nitrogens is 3. The fourth-order valence-electron chi connectivity index (χ4n) is 3.68. The minimum atomic E-state index is -0.404. The molecule has 0 radical (unpaired) electrons. The monoisotopic (exact) mass is 386 g/mol. The minimum Gasteiger partial charge on any atom is -0.497 e. The molecule has 0 fully saturated rings. The van der Waals surface area contributed by atoms with Crippen LogP contribution in [0.4, 0.5) is 4.39 Å². The average Bonchev–Trinajstić information content (AvgIpc) is 3.21. The predicted octanol–water partition coefficient (Wildman–Crippen LogP) is 2.58. The quantitative estimate of drug-likeness (QED) is 0.726. The number of hydrogen-bond donors (Lipinski definition) is 1. The molecular formula is C20H23FN4O3. The lowest BCUT2D eigenvalue weighted by molar-refractivity contribution is 0.233. The summed E-state index contributed by atoms with van der Waals surface area (Å²) in [7, 11) is 3.44. The summed E-state index contributed by atoms with van der Waals surface area (Å²) >= 11 is 0. The van der Waals surface area contributed by atoms with Gasteiger partial charge in [-0.2, -0.15) is 5.10 Å². The second kappa shape index (κ2) is 7.37. The molecule has 0 atom stereocenters. The molecule has 1 aliphatic rings. The van der Waals surface area contributed by atoms with Crippen LogP contribution < -0.4 is 4.74 Å². The van der Waals surface area contributed by atoms with Gasteiger partial charge in [0.15, 0.2) is 0 Å². The van der Waals surface area contributed by atoms with Crippen molar-refractivity contribution >= 4 is 0 Å². The van der Waals surface area contributed by atoms with Gasteiger partial charge in [0.25, 0.3) is 0 Å². The van der Waals surface area contributed by atoms with E-state index >= 15 is 0 Å². The number of halogens is 1. The van der Waals surface area contributed by atoms with Crippen molar-refractivity contribution in [2.75, 3.05) is 13.7 Å². The Hall–Kier alpha value is -2.71. The third kappa shape index (κ3) is 3.29. The van der Waals surface area contributed by atoms with Crippen molar-refractivity contribution in [1.82, 2.24) is 19.7 Å². The molecule has 148 valence electrons.